The average Bonchev–Trinajstić information content (AvgIpc) is 3.20. The number of hydrogen-bond donors (Lipinski definition) is 1. The van der Waals surface area contributed by atoms with Gasteiger partial charge in [0.1, 0.15) is 19.3 Å². The van der Waals surface area contributed by atoms with Gasteiger partial charge in [0.15, 0.2) is 0 Å². The van der Waals surface area contributed by atoms with E-state index in [-0.39, 0.29) is 25.8 Å². The van der Waals surface area contributed by atoms with Crippen LogP contribution < -0.4 is 0 Å². The fourth-order valence-electron chi connectivity index (χ4n) is 6.02. The molecule has 1 N–H and O–H groups in total. The number of esters is 1. The molecule has 8 nitrogen and oxygen atoms in total. The van der Waals surface area contributed by atoms with Gasteiger partial charge in [-0.1, -0.05) is 163 Å². The summed E-state index contributed by atoms with van der Waals surface area (Å²) in [7, 11) is 1.63. The number of hydrogen-bond acceptors (Lipinski definition) is 6. The van der Waals surface area contributed by atoms with E-state index in [1.54, 1.807) is 0 Å². The Kier molecular flexibility index (Phi) is 41.7. The van der Waals surface area contributed by atoms with Crippen molar-refractivity contribution in [2.45, 2.75) is 180 Å². The zero-order valence-electron chi connectivity index (χ0n) is 39.2. The van der Waals surface area contributed by atoms with Crippen molar-refractivity contribution in [3.63, 3.8) is 0 Å². The van der Waals surface area contributed by atoms with Gasteiger partial charge in [0.25, 0.3) is 0 Å². The van der Waals surface area contributed by atoms with E-state index in [2.05, 4.69) is 98.9 Å². The minimum atomic E-state index is -4.29. The molecular weight excluding hydrogens is 770 g/mol. The highest BCUT2D eigenvalue weighted by atomic mass is 31.2. The first-order chi connectivity index (χ1) is 29.1. The smallest absolute Gasteiger partial charge is 0.457 e. The van der Waals surface area contributed by atoms with E-state index >= 15 is 0 Å². The van der Waals surface area contributed by atoms with Crippen LogP contribution in [0.5, 0.6) is 0 Å². The third-order valence-electron chi connectivity index (χ3n) is 9.69. The molecule has 0 heterocycles. The average molecular weight is 861 g/mol. The van der Waals surface area contributed by atoms with Crippen molar-refractivity contribution in [1.29, 1.82) is 0 Å². The van der Waals surface area contributed by atoms with Gasteiger partial charge in [-0.25, -0.2) is 4.57 Å². The van der Waals surface area contributed by atoms with Crippen molar-refractivity contribution in [3.8, 4) is 0 Å². The Bertz CT molecular complexity index is 1230. The van der Waals surface area contributed by atoms with Crippen molar-refractivity contribution < 1.29 is 37.3 Å². The number of quaternary nitrogens is 1. The lowest BCUT2D eigenvalue weighted by Gasteiger charge is -2.24. The van der Waals surface area contributed by atoms with E-state index in [0.29, 0.717) is 24.1 Å². The van der Waals surface area contributed by atoms with Crippen molar-refractivity contribution in [2.24, 2.45) is 0 Å². The number of allylic oxidation sites excluding steroid dienone is 14. The fourth-order valence-corrected chi connectivity index (χ4v) is 6.76. The number of nitrogens with zero attached hydrogens (tertiary/aromatic N) is 1. The van der Waals surface area contributed by atoms with Crippen molar-refractivity contribution >= 4 is 13.8 Å². The van der Waals surface area contributed by atoms with Crippen LogP contribution in [0, 0.1) is 0 Å². The van der Waals surface area contributed by atoms with Crippen LogP contribution in [0.15, 0.2) is 85.1 Å². The molecule has 0 aromatic rings. The number of ether oxygens (including phenoxy) is 2. The quantitative estimate of drug-likeness (QED) is 0.0215. The summed E-state index contributed by atoms with van der Waals surface area (Å²) < 4.78 is 35.0. The molecule has 0 rings (SSSR count). The van der Waals surface area contributed by atoms with Crippen LogP contribution in [-0.2, 0) is 27.9 Å². The molecule has 0 aliphatic rings. The molecule has 9 heteroatoms. The van der Waals surface area contributed by atoms with Gasteiger partial charge in [-0.2, -0.15) is 0 Å². The molecule has 60 heavy (non-hydrogen) atoms. The summed E-state index contributed by atoms with van der Waals surface area (Å²) in [5.41, 5.74) is 0. The van der Waals surface area contributed by atoms with Crippen LogP contribution in [0.4, 0.5) is 0 Å². The standard InChI is InChI=1S/C51H90NO7P/c1-6-8-10-12-14-16-18-20-22-24-25-26-27-28-29-31-33-35-37-39-41-43-46-56-48-50(49-58-60(54,55)57-47-45-52(3,4)5)59-51(53)44-42-40-38-36-34-32-30-23-21-19-17-15-13-11-9-7-2/h8,10,14,16-17,19-20,22-23,25-26,28-30,50H,6-7,9,11-13,15,18,21,24,27,31-49H2,1-5H3/p+1/b10-8-,16-14-,19-17-,22-20-,26-25-,29-28-,30-23-. The van der Waals surface area contributed by atoms with E-state index in [1.807, 2.05) is 21.1 Å². The van der Waals surface area contributed by atoms with Crippen LogP contribution in [0.2, 0.25) is 0 Å². The van der Waals surface area contributed by atoms with E-state index in [9.17, 15) is 14.3 Å². The topological polar surface area (TPSA) is 91.3 Å². The Morgan fingerprint density at radius 2 is 0.967 bits per heavy atom. The van der Waals surface area contributed by atoms with E-state index < -0.39 is 13.9 Å². The summed E-state index contributed by atoms with van der Waals surface area (Å²) in [6.45, 7) is 5.42. The first-order valence-corrected chi connectivity index (χ1v) is 25.3. The molecule has 2 atom stereocenters. The second-order valence-electron chi connectivity index (χ2n) is 16.8. The maximum absolute atomic E-state index is 12.7. The predicted molar refractivity (Wildman–Crippen MR) is 256 cm³/mol. The van der Waals surface area contributed by atoms with Gasteiger partial charge < -0.3 is 18.9 Å². The number of unbranched alkanes of at least 4 members (excludes halogenated alkanes) is 15. The van der Waals surface area contributed by atoms with Crippen molar-refractivity contribution in [1.82, 2.24) is 0 Å². The molecule has 0 spiro atoms. The highest BCUT2D eigenvalue weighted by Gasteiger charge is 2.26. The highest BCUT2D eigenvalue weighted by molar-refractivity contribution is 7.47. The maximum atomic E-state index is 12.7. The molecule has 0 fully saturated rings. The van der Waals surface area contributed by atoms with Gasteiger partial charge in [-0.15, -0.1) is 0 Å². The molecule has 0 aliphatic carbocycles. The van der Waals surface area contributed by atoms with E-state index in [4.69, 9.17) is 18.5 Å². The molecule has 0 aromatic heterocycles. The Morgan fingerprint density at radius 1 is 0.533 bits per heavy atom. The molecule has 0 amide bonds. The third kappa shape index (κ3) is 46.7. The number of phosphoric ester groups is 1. The Balaban J connectivity index is 4.26. The van der Waals surface area contributed by atoms with Gasteiger partial charge >= 0.3 is 13.8 Å². The lowest BCUT2D eigenvalue weighted by atomic mass is 10.1. The zero-order valence-corrected chi connectivity index (χ0v) is 40.1. The second kappa shape index (κ2) is 43.3. The summed E-state index contributed by atoms with van der Waals surface area (Å²) in [4.78, 5) is 22.9. The van der Waals surface area contributed by atoms with Gasteiger partial charge in [0.2, 0.25) is 0 Å². The fraction of sp³-hybridized carbons (Fsp3) is 0.706. The van der Waals surface area contributed by atoms with E-state index in [1.165, 1.54) is 51.4 Å². The van der Waals surface area contributed by atoms with Crippen molar-refractivity contribution in [3.05, 3.63) is 85.1 Å². The molecule has 0 radical (unpaired) electrons. The largest absolute Gasteiger partial charge is 0.472 e. The molecule has 0 aromatic carbocycles. The number of rotatable bonds is 43. The Hall–Kier alpha value is -2.32. The van der Waals surface area contributed by atoms with Crippen LogP contribution in [0.1, 0.15) is 174 Å². The Morgan fingerprint density at radius 3 is 1.45 bits per heavy atom. The molecule has 346 valence electrons. The molecular formula is C51H91NO7P+. The van der Waals surface area contributed by atoms with Gasteiger partial charge in [-0.3, -0.25) is 13.8 Å². The van der Waals surface area contributed by atoms with Gasteiger partial charge in [0, 0.05) is 13.0 Å². The number of carbonyl (C=O) groups is 1. The SMILES string of the molecule is CC/C=C\C/C=C\C/C=C\C/C=C\C/C=C\CCCCCCCCOCC(COP(=O)(O)OCC[N+](C)(C)C)OC(=O)CCCCCCC/C=C\C/C=C\CCCCCC. The van der Waals surface area contributed by atoms with Crippen LogP contribution >= 0.6 is 7.82 Å². The minimum Gasteiger partial charge on any atom is -0.457 e. The van der Waals surface area contributed by atoms with Gasteiger partial charge in [-0.05, 0) is 89.9 Å². The first-order valence-electron chi connectivity index (χ1n) is 23.8. The summed E-state index contributed by atoms with van der Waals surface area (Å²) in [6, 6.07) is 0. The van der Waals surface area contributed by atoms with Crippen LogP contribution in [0.3, 0.4) is 0 Å². The molecule has 2 unspecified atom stereocenters. The summed E-state index contributed by atoms with van der Waals surface area (Å²) >= 11 is 0. The minimum absolute atomic E-state index is 0.0779. The van der Waals surface area contributed by atoms with Crippen molar-refractivity contribution in [2.75, 3.05) is 54.1 Å². The summed E-state index contributed by atoms with van der Waals surface area (Å²) in [5.74, 6) is -0.336. The highest BCUT2D eigenvalue weighted by Crippen LogP contribution is 2.43. The van der Waals surface area contributed by atoms with Crippen LogP contribution in [0.25, 0.3) is 0 Å². The third-order valence-corrected chi connectivity index (χ3v) is 10.7. The normalized spacial score (nSPS) is 14.4. The maximum Gasteiger partial charge on any atom is 0.472 e. The number of likely N-dealkylation sites (N-methyl/N-ethyl adjacent to an activating group) is 1. The monoisotopic (exact) mass is 861 g/mol. The summed E-state index contributed by atoms with van der Waals surface area (Å²) in [5, 5.41) is 0. The molecule has 0 aliphatic heterocycles. The molecule has 0 saturated heterocycles. The second-order valence-corrected chi connectivity index (χ2v) is 18.2. The molecule has 0 saturated carbocycles. The Labute approximate surface area is 369 Å². The number of carbonyl (C=O) groups excluding carboxylic acids is 1. The lowest BCUT2D eigenvalue weighted by Crippen LogP contribution is -2.37. The van der Waals surface area contributed by atoms with E-state index in [0.717, 1.165) is 103 Å². The van der Waals surface area contributed by atoms with Gasteiger partial charge in [0.05, 0.1) is 34.4 Å². The first kappa shape index (κ1) is 57.7. The number of phosphoric acid groups is 1. The summed E-state index contributed by atoms with van der Waals surface area (Å²) in [6.07, 6.45) is 57.6. The zero-order chi connectivity index (χ0) is 44.1. The van der Waals surface area contributed by atoms with Crippen LogP contribution in [-0.4, -0.2) is 75.6 Å². The lowest BCUT2D eigenvalue weighted by molar-refractivity contribution is -0.870. The molecule has 0 bridgehead atoms. The predicted octanol–water partition coefficient (Wildman–Crippen LogP) is 14.4.